The highest BCUT2D eigenvalue weighted by molar-refractivity contribution is 4.67. The first-order valence-electron chi connectivity index (χ1n) is 4.59. The molecule has 2 nitrogen and oxygen atoms in total. The molecule has 0 aliphatic heterocycles. The van der Waals surface area contributed by atoms with Gasteiger partial charge in [0.2, 0.25) is 0 Å². The van der Waals surface area contributed by atoms with Crippen molar-refractivity contribution in [3.05, 3.63) is 0 Å². The molecule has 0 heterocycles. The molecule has 0 saturated carbocycles. The molecule has 0 aromatic carbocycles. The van der Waals surface area contributed by atoms with Crippen molar-refractivity contribution in [1.82, 2.24) is 0 Å². The average Bonchev–Trinajstić information content (AvgIpc) is 1.49. The molecule has 0 bridgehead atoms. The van der Waals surface area contributed by atoms with Crippen molar-refractivity contribution in [1.29, 1.82) is 0 Å². The maximum atomic E-state index is 9.70. The van der Waals surface area contributed by atoms with E-state index in [1.165, 1.54) is 0 Å². The van der Waals surface area contributed by atoms with Crippen LogP contribution in [0.25, 0.3) is 0 Å². The second kappa shape index (κ2) is 5.18. The van der Waals surface area contributed by atoms with Gasteiger partial charge in [-0.2, -0.15) is 0 Å². The average molecular weight is 210 g/mol. The Balaban J connectivity index is 0. The minimum absolute atomic E-state index is 0. The number of likely N-dealkylation sites (N-methyl/N-ethyl adjacent to an activating group) is 1. The largest absolute Gasteiger partial charge is 1.00 e. The Morgan fingerprint density at radius 1 is 1.15 bits per heavy atom. The molecule has 0 spiro atoms. The summed E-state index contributed by atoms with van der Waals surface area (Å²) in [4.78, 5) is 0. The van der Waals surface area contributed by atoms with Crippen molar-refractivity contribution < 1.29 is 22.0 Å². The normalized spacial score (nSPS) is 15.0. The van der Waals surface area contributed by atoms with E-state index in [0.717, 1.165) is 17.4 Å². The zero-order valence-corrected chi connectivity index (χ0v) is 10.5. The number of halogens is 1. The maximum absolute atomic E-state index is 9.70. The summed E-state index contributed by atoms with van der Waals surface area (Å²) in [6.07, 6.45) is 0.702. The summed E-state index contributed by atoms with van der Waals surface area (Å²) >= 11 is 0. The number of hydrogen-bond acceptors (Lipinski definition) is 1. The monoisotopic (exact) mass is 209 g/mol. The fraction of sp³-hybridized carbons (Fsp3) is 1.00. The molecule has 0 aliphatic carbocycles. The first-order chi connectivity index (χ1) is 5.10. The number of rotatable bonds is 3. The van der Waals surface area contributed by atoms with E-state index in [1.54, 1.807) is 0 Å². The lowest BCUT2D eigenvalue weighted by Crippen LogP contribution is -3.00. The maximum Gasteiger partial charge on any atom is 0.104 e. The minimum Gasteiger partial charge on any atom is -1.00 e. The number of aliphatic hydroxyl groups is 1. The van der Waals surface area contributed by atoms with E-state index in [9.17, 15) is 5.11 Å². The van der Waals surface area contributed by atoms with E-state index in [4.69, 9.17) is 0 Å². The van der Waals surface area contributed by atoms with Gasteiger partial charge in [0, 0.05) is 0 Å². The predicted octanol–water partition coefficient (Wildman–Crippen LogP) is -1.51. The molecule has 0 radical (unpaired) electrons. The molecular weight excluding hydrogens is 186 g/mol. The van der Waals surface area contributed by atoms with Gasteiger partial charge in [0.25, 0.3) is 0 Å². The summed E-state index contributed by atoms with van der Waals surface area (Å²) < 4.78 is 0.831. The molecule has 0 aromatic heterocycles. The van der Waals surface area contributed by atoms with Crippen molar-refractivity contribution in [3.8, 4) is 0 Å². The van der Waals surface area contributed by atoms with Crippen LogP contribution in [0.4, 0.5) is 0 Å². The Kier molecular flexibility index (Phi) is 6.25. The SMILES string of the molecule is CC(C)(C)CC(O)C[N+](C)(C)C.[Cl-]. The molecule has 0 aromatic rings. The van der Waals surface area contributed by atoms with Crippen LogP contribution in [0.2, 0.25) is 0 Å². The quantitative estimate of drug-likeness (QED) is 0.561. The molecule has 13 heavy (non-hydrogen) atoms. The van der Waals surface area contributed by atoms with E-state index in [2.05, 4.69) is 41.9 Å². The molecular formula is C10H24ClNO. The lowest BCUT2D eigenvalue weighted by atomic mass is 9.89. The fourth-order valence-corrected chi connectivity index (χ4v) is 1.40. The molecule has 1 unspecified atom stereocenters. The van der Waals surface area contributed by atoms with Crippen LogP contribution in [0.5, 0.6) is 0 Å². The van der Waals surface area contributed by atoms with Crippen LogP contribution in [0, 0.1) is 5.41 Å². The summed E-state index contributed by atoms with van der Waals surface area (Å²) in [5.41, 5.74) is 0.231. The van der Waals surface area contributed by atoms with Crippen LogP contribution in [-0.4, -0.2) is 43.4 Å². The molecule has 0 fully saturated rings. The summed E-state index contributed by atoms with van der Waals surface area (Å²) in [5.74, 6) is 0. The Bertz CT molecular complexity index is 119. The van der Waals surface area contributed by atoms with Gasteiger partial charge in [0.15, 0.2) is 0 Å². The fourth-order valence-electron chi connectivity index (χ4n) is 1.40. The predicted molar refractivity (Wildman–Crippen MR) is 53.0 cm³/mol. The summed E-state index contributed by atoms with van der Waals surface area (Å²) in [5, 5.41) is 9.70. The number of hydrogen-bond donors (Lipinski definition) is 1. The summed E-state index contributed by atoms with van der Waals surface area (Å²) in [6.45, 7) is 7.31. The number of aliphatic hydroxyl groups excluding tert-OH is 1. The van der Waals surface area contributed by atoms with Crippen LogP contribution < -0.4 is 12.4 Å². The lowest BCUT2D eigenvalue weighted by molar-refractivity contribution is -0.873. The highest BCUT2D eigenvalue weighted by Crippen LogP contribution is 2.21. The molecule has 0 rings (SSSR count). The molecule has 0 amide bonds. The van der Waals surface area contributed by atoms with Gasteiger partial charge in [-0.15, -0.1) is 0 Å². The van der Waals surface area contributed by atoms with E-state index in [1.807, 2.05) is 0 Å². The Hall–Kier alpha value is 0.210. The second-order valence-electron chi connectivity index (χ2n) is 5.89. The van der Waals surface area contributed by atoms with Crippen LogP contribution in [-0.2, 0) is 0 Å². The van der Waals surface area contributed by atoms with Gasteiger partial charge in [-0.25, -0.2) is 0 Å². The standard InChI is InChI=1S/C10H24NO.ClH/c1-10(2,3)7-9(12)8-11(4,5)6;/h9,12H,7-8H2,1-6H3;1H/q+1;/p-1. The van der Waals surface area contributed by atoms with Gasteiger partial charge >= 0.3 is 0 Å². The van der Waals surface area contributed by atoms with E-state index >= 15 is 0 Å². The van der Waals surface area contributed by atoms with Gasteiger partial charge in [-0.1, -0.05) is 20.8 Å². The van der Waals surface area contributed by atoms with Crippen molar-refractivity contribution in [2.45, 2.75) is 33.3 Å². The van der Waals surface area contributed by atoms with E-state index in [-0.39, 0.29) is 23.9 Å². The first kappa shape index (κ1) is 15.7. The van der Waals surface area contributed by atoms with Crippen molar-refractivity contribution in [2.24, 2.45) is 5.41 Å². The van der Waals surface area contributed by atoms with Crippen molar-refractivity contribution in [2.75, 3.05) is 27.7 Å². The lowest BCUT2D eigenvalue weighted by Gasteiger charge is -2.29. The third kappa shape index (κ3) is 12.2. The van der Waals surface area contributed by atoms with Gasteiger partial charge in [0.05, 0.1) is 21.1 Å². The summed E-state index contributed by atoms with van der Waals surface area (Å²) in [7, 11) is 6.31. The topological polar surface area (TPSA) is 20.2 Å². The molecule has 82 valence electrons. The molecule has 1 N–H and O–H groups in total. The van der Waals surface area contributed by atoms with Crippen LogP contribution in [0.3, 0.4) is 0 Å². The smallest absolute Gasteiger partial charge is 0.104 e. The zero-order chi connectivity index (χ0) is 9.99. The third-order valence-corrected chi connectivity index (χ3v) is 1.61. The van der Waals surface area contributed by atoms with Crippen LogP contribution >= 0.6 is 0 Å². The van der Waals surface area contributed by atoms with Gasteiger partial charge in [0.1, 0.15) is 12.6 Å². The van der Waals surface area contributed by atoms with Crippen molar-refractivity contribution >= 4 is 0 Å². The minimum atomic E-state index is -0.176. The van der Waals surface area contributed by atoms with Crippen molar-refractivity contribution in [3.63, 3.8) is 0 Å². The second-order valence-corrected chi connectivity index (χ2v) is 5.89. The zero-order valence-electron chi connectivity index (χ0n) is 9.76. The molecule has 1 atom stereocenters. The number of quaternary nitrogens is 1. The Labute approximate surface area is 88.9 Å². The van der Waals surface area contributed by atoms with E-state index < -0.39 is 0 Å². The van der Waals surface area contributed by atoms with Gasteiger partial charge in [-0.05, 0) is 11.8 Å². The number of nitrogens with zero attached hydrogens (tertiary/aromatic N) is 1. The van der Waals surface area contributed by atoms with Gasteiger partial charge < -0.3 is 22.0 Å². The van der Waals surface area contributed by atoms with E-state index in [0.29, 0.717) is 0 Å². The third-order valence-electron chi connectivity index (χ3n) is 1.61. The molecule has 0 aliphatic rings. The highest BCUT2D eigenvalue weighted by Gasteiger charge is 2.21. The summed E-state index contributed by atoms with van der Waals surface area (Å²) in [6, 6.07) is 0. The first-order valence-corrected chi connectivity index (χ1v) is 4.59. The van der Waals surface area contributed by atoms with Crippen LogP contribution in [0.15, 0.2) is 0 Å². The van der Waals surface area contributed by atoms with Crippen LogP contribution in [0.1, 0.15) is 27.2 Å². The Morgan fingerprint density at radius 3 is 1.77 bits per heavy atom. The Morgan fingerprint density at radius 2 is 1.54 bits per heavy atom. The molecule has 0 saturated heterocycles. The molecule has 3 heteroatoms. The highest BCUT2D eigenvalue weighted by atomic mass is 35.5. The van der Waals surface area contributed by atoms with Gasteiger partial charge in [-0.3, -0.25) is 0 Å².